The minimum absolute atomic E-state index is 0.00965. The summed E-state index contributed by atoms with van der Waals surface area (Å²) in [4.78, 5) is 24.4. The average Bonchev–Trinajstić information content (AvgIpc) is 2.64. The van der Waals surface area contributed by atoms with E-state index in [1.807, 2.05) is 5.32 Å². The summed E-state index contributed by atoms with van der Waals surface area (Å²) in [6, 6.07) is 7.89. The van der Waals surface area contributed by atoms with Crippen molar-refractivity contribution in [2.24, 2.45) is 0 Å². The second-order valence-electron chi connectivity index (χ2n) is 6.14. The zero-order valence-corrected chi connectivity index (χ0v) is 14.1. The Labute approximate surface area is 152 Å². The summed E-state index contributed by atoms with van der Waals surface area (Å²) in [6.07, 6.45) is -5.98. The zero-order valence-electron chi connectivity index (χ0n) is 14.1. The van der Waals surface area contributed by atoms with Crippen molar-refractivity contribution in [3.63, 3.8) is 0 Å². The van der Waals surface area contributed by atoms with Crippen LogP contribution in [0.2, 0.25) is 0 Å². The molecule has 1 heterocycles. The lowest BCUT2D eigenvalue weighted by molar-refractivity contribution is -0.158. The number of carboxylic acids is 1. The van der Waals surface area contributed by atoms with Gasteiger partial charge in [-0.05, 0) is 16.3 Å². The predicted molar refractivity (Wildman–Crippen MR) is 90.2 cm³/mol. The van der Waals surface area contributed by atoms with Crippen molar-refractivity contribution >= 4 is 22.8 Å². The van der Waals surface area contributed by atoms with Crippen LogP contribution in [-0.4, -0.2) is 54.0 Å². The number of urea groups is 1. The zero-order chi connectivity index (χ0) is 19.6. The lowest BCUT2D eigenvalue weighted by atomic mass is 9.98. The van der Waals surface area contributed by atoms with E-state index >= 15 is 0 Å². The topological polar surface area (TPSA) is 78.9 Å². The Bertz CT molecular complexity index is 851. The van der Waals surface area contributed by atoms with Crippen LogP contribution in [0.4, 0.5) is 18.0 Å². The molecule has 0 saturated carbocycles. The Morgan fingerprint density at radius 3 is 2.59 bits per heavy atom. The molecule has 3 rings (SSSR count). The van der Waals surface area contributed by atoms with Crippen molar-refractivity contribution in [3.05, 3.63) is 48.0 Å². The van der Waals surface area contributed by atoms with E-state index in [1.54, 1.807) is 30.3 Å². The molecule has 1 fully saturated rings. The Balaban J connectivity index is 1.88. The summed E-state index contributed by atoms with van der Waals surface area (Å²) < 4.78 is 46.1. The lowest BCUT2D eigenvalue weighted by Crippen LogP contribution is -2.53. The number of nitrogens with one attached hydrogen (secondary N) is 1. The molecule has 27 heavy (non-hydrogen) atoms. The number of carbonyl (C=O) groups is 2. The second-order valence-corrected chi connectivity index (χ2v) is 6.14. The van der Waals surface area contributed by atoms with Gasteiger partial charge in [0.2, 0.25) is 0 Å². The number of aliphatic carboxylic acids is 1. The number of hydrogen-bond donors (Lipinski definition) is 2. The van der Waals surface area contributed by atoms with Crippen LogP contribution in [-0.2, 0) is 9.53 Å². The fourth-order valence-corrected chi connectivity index (χ4v) is 3.04. The van der Waals surface area contributed by atoms with Gasteiger partial charge < -0.3 is 20.1 Å². The first-order valence-corrected chi connectivity index (χ1v) is 8.21. The van der Waals surface area contributed by atoms with E-state index in [1.165, 1.54) is 12.1 Å². The summed E-state index contributed by atoms with van der Waals surface area (Å²) in [5.74, 6) is -1.27. The molecule has 2 N–H and O–H groups in total. The van der Waals surface area contributed by atoms with Crippen molar-refractivity contribution < 1.29 is 32.6 Å². The van der Waals surface area contributed by atoms with Gasteiger partial charge in [-0.1, -0.05) is 42.5 Å². The normalized spacial score (nSPS) is 18.9. The first-order valence-electron chi connectivity index (χ1n) is 8.21. The molecule has 2 unspecified atom stereocenters. The van der Waals surface area contributed by atoms with Crippen LogP contribution in [0.25, 0.3) is 10.8 Å². The number of carboxylic acid groups (broad SMARTS) is 1. The maximum Gasteiger partial charge on any atom is 0.412 e. The number of morpholine rings is 1. The highest BCUT2D eigenvalue weighted by Gasteiger charge is 2.43. The number of carbonyl (C=O) groups excluding carboxylic acids is 1. The number of nitrogens with zero attached hydrogens (tertiary/aromatic N) is 1. The molecule has 9 heteroatoms. The second kappa shape index (κ2) is 7.43. The quantitative estimate of drug-likeness (QED) is 0.856. The van der Waals surface area contributed by atoms with Crippen LogP contribution in [0.1, 0.15) is 11.6 Å². The highest BCUT2D eigenvalue weighted by molar-refractivity contribution is 5.87. The van der Waals surface area contributed by atoms with Crippen molar-refractivity contribution in [2.45, 2.75) is 18.3 Å². The number of hydrogen-bond acceptors (Lipinski definition) is 3. The standard InChI is InChI=1S/C18H17F3N2O4/c19-18(20,21)15(13-7-3-5-11-4-1-2-6-12(11)13)22-17(26)23-8-9-27-14(10-23)16(24)25/h1-7,14-15H,8-10H2,(H,22,26)(H,24,25). The SMILES string of the molecule is O=C(O)C1CN(C(=O)NC(c2cccc3ccccc23)C(F)(F)F)CCO1. The maximum atomic E-state index is 13.7. The third-order valence-electron chi connectivity index (χ3n) is 4.36. The molecule has 0 bridgehead atoms. The first-order chi connectivity index (χ1) is 12.8. The van der Waals surface area contributed by atoms with E-state index in [2.05, 4.69) is 0 Å². The number of ether oxygens (including phenoxy) is 1. The van der Waals surface area contributed by atoms with Crippen molar-refractivity contribution in [2.75, 3.05) is 19.7 Å². The molecule has 6 nitrogen and oxygen atoms in total. The predicted octanol–water partition coefficient (Wildman–Crippen LogP) is 2.94. The number of rotatable bonds is 3. The van der Waals surface area contributed by atoms with Crippen LogP contribution in [0, 0.1) is 0 Å². The summed E-state index contributed by atoms with van der Waals surface area (Å²) in [5, 5.41) is 12.0. The molecule has 144 valence electrons. The Hall–Kier alpha value is -2.81. The summed E-state index contributed by atoms with van der Waals surface area (Å²) in [5.41, 5.74) is -0.0722. The van der Waals surface area contributed by atoms with E-state index in [0.29, 0.717) is 10.8 Å². The fourth-order valence-electron chi connectivity index (χ4n) is 3.04. The Morgan fingerprint density at radius 1 is 1.19 bits per heavy atom. The van der Waals surface area contributed by atoms with Crippen LogP contribution in [0.5, 0.6) is 0 Å². The van der Waals surface area contributed by atoms with Gasteiger partial charge in [-0.25, -0.2) is 9.59 Å². The molecule has 0 aromatic heterocycles. The van der Waals surface area contributed by atoms with E-state index in [9.17, 15) is 22.8 Å². The van der Waals surface area contributed by atoms with Crippen LogP contribution < -0.4 is 5.32 Å². The van der Waals surface area contributed by atoms with Crippen molar-refractivity contribution in [1.29, 1.82) is 0 Å². The van der Waals surface area contributed by atoms with E-state index in [-0.39, 0.29) is 25.3 Å². The number of alkyl halides is 3. The molecule has 2 aromatic rings. The van der Waals surface area contributed by atoms with E-state index in [4.69, 9.17) is 9.84 Å². The molecule has 0 aliphatic carbocycles. The molecule has 1 saturated heterocycles. The van der Waals surface area contributed by atoms with Gasteiger partial charge in [0.1, 0.15) is 0 Å². The lowest BCUT2D eigenvalue weighted by Gasteiger charge is -2.33. The number of fused-ring (bicyclic) bond motifs is 1. The van der Waals surface area contributed by atoms with Crippen molar-refractivity contribution in [3.8, 4) is 0 Å². The maximum absolute atomic E-state index is 13.7. The minimum atomic E-state index is -4.72. The van der Waals surface area contributed by atoms with Gasteiger partial charge in [-0.3, -0.25) is 0 Å². The molecule has 2 atom stereocenters. The number of amides is 2. The van der Waals surface area contributed by atoms with E-state index in [0.717, 1.165) is 4.90 Å². The molecule has 1 aliphatic rings. The minimum Gasteiger partial charge on any atom is -0.479 e. The van der Waals surface area contributed by atoms with Crippen LogP contribution in [0.3, 0.4) is 0 Å². The summed E-state index contributed by atoms with van der Waals surface area (Å²) in [6.45, 7) is -0.369. The number of halogens is 3. The van der Waals surface area contributed by atoms with Crippen LogP contribution >= 0.6 is 0 Å². The average molecular weight is 382 g/mol. The van der Waals surface area contributed by atoms with Gasteiger partial charge in [0, 0.05) is 6.54 Å². The Morgan fingerprint density at radius 2 is 1.89 bits per heavy atom. The van der Waals surface area contributed by atoms with Gasteiger partial charge in [-0.15, -0.1) is 0 Å². The molecule has 0 radical (unpaired) electrons. The molecular formula is C18H17F3N2O4. The fraction of sp³-hybridized carbons (Fsp3) is 0.333. The molecule has 1 aliphatic heterocycles. The molecular weight excluding hydrogens is 365 g/mol. The van der Waals surface area contributed by atoms with E-state index < -0.39 is 30.3 Å². The molecule has 0 spiro atoms. The highest BCUT2D eigenvalue weighted by atomic mass is 19.4. The smallest absolute Gasteiger partial charge is 0.412 e. The van der Waals surface area contributed by atoms with Crippen molar-refractivity contribution in [1.82, 2.24) is 10.2 Å². The van der Waals surface area contributed by atoms with Gasteiger partial charge in [-0.2, -0.15) is 13.2 Å². The molecule has 2 aromatic carbocycles. The molecule has 2 amide bonds. The first kappa shape index (κ1) is 19.0. The largest absolute Gasteiger partial charge is 0.479 e. The highest BCUT2D eigenvalue weighted by Crippen LogP contribution is 2.36. The van der Waals surface area contributed by atoms with Crippen LogP contribution in [0.15, 0.2) is 42.5 Å². The van der Waals surface area contributed by atoms with Gasteiger partial charge in [0.15, 0.2) is 12.1 Å². The third kappa shape index (κ3) is 4.13. The van der Waals surface area contributed by atoms with Gasteiger partial charge in [0.05, 0.1) is 13.2 Å². The number of benzene rings is 2. The summed E-state index contributed by atoms with van der Waals surface area (Å²) >= 11 is 0. The Kier molecular flexibility index (Phi) is 5.22. The van der Waals surface area contributed by atoms with Gasteiger partial charge in [0.25, 0.3) is 0 Å². The third-order valence-corrected chi connectivity index (χ3v) is 4.36. The van der Waals surface area contributed by atoms with Gasteiger partial charge >= 0.3 is 18.2 Å². The monoisotopic (exact) mass is 382 g/mol. The summed E-state index contributed by atoms with van der Waals surface area (Å²) in [7, 11) is 0.